The van der Waals surface area contributed by atoms with Gasteiger partial charge in [-0.3, -0.25) is 4.90 Å². The molecule has 4 rings (SSSR count). The third-order valence-electron chi connectivity index (χ3n) is 5.73. The second-order valence-electron chi connectivity index (χ2n) is 9.22. The predicted molar refractivity (Wildman–Crippen MR) is 114 cm³/mol. The zero-order valence-electron chi connectivity index (χ0n) is 17.7. The lowest BCUT2D eigenvalue weighted by Gasteiger charge is -2.39. The maximum absolute atomic E-state index is 12.9. The Balaban J connectivity index is 1.68. The molecule has 3 aliphatic rings. The zero-order chi connectivity index (χ0) is 21.7. The highest BCUT2D eigenvalue weighted by Crippen LogP contribution is 2.38. The van der Waals surface area contributed by atoms with Crippen LogP contribution in [-0.2, 0) is 32.5 Å². The van der Waals surface area contributed by atoms with E-state index in [1.165, 1.54) is 0 Å². The van der Waals surface area contributed by atoms with E-state index in [2.05, 4.69) is 0 Å². The zero-order valence-corrected chi connectivity index (χ0v) is 19.3. The molecular weight excluding hydrogens is 428 g/mol. The number of carbonyl (C=O) groups excluding carboxylic acids is 1. The molecule has 1 aromatic carbocycles. The smallest absolute Gasteiger partial charge is 0.410 e. The van der Waals surface area contributed by atoms with E-state index in [4.69, 9.17) is 21.1 Å². The average molecular weight is 457 g/mol. The molecule has 1 amide bonds. The Morgan fingerprint density at radius 3 is 2.63 bits per heavy atom. The Hall–Kier alpha value is -1.35. The number of hydrogen-bond donors (Lipinski definition) is 0. The van der Waals surface area contributed by atoms with E-state index in [0.717, 1.165) is 29.5 Å². The van der Waals surface area contributed by atoms with Gasteiger partial charge in [-0.2, -0.15) is 4.31 Å². The lowest BCUT2D eigenvalue weighted by molar-refractivity contribution is -0.0334. The van der Waals surface area contributed by atoms with Gasteiger partial charge in [0, 0.05) is 24.7 Å². The van der Waals surface area contributed by atoms with E-state index >= 15 is 0 Å². The molecule has 7 nitrogen and oxygen atoms in total. The summed E-state index contributed by atoms with van der Waals surface area (Å²) in [4.78, 5) is 14.6. The van der Waals surface area contributed by atoms with Crippen LogP contribution in [0.15, 0.2) is 12.1 Å². The van der Waals surface area contributed by atoms with Gasteiger partial charge in [-0.25, -0.2) is 13.2 Å². The molecule has 166 valence electrons. The van der Waals surface area contributed by atoms with Crippen molar-refractivity contribution < 1.29 is 22.7 Å². The first kappa shape index (κ1) is 21.9. The Morgan fingerprint density at radius 1 is 1.23 bits per heavy atom. The van der Waals surface area contributed by atoms with Crippen molar-refractivity contribution in [1.82, 2.24) is 9.21 Å². The molecule has 1 aliphatic carbocycles. The summed E-state index contributed by atoms with van der Waals surface area (Å²) >= 11 is 6.41. The number of halogens is 1. The van der Waals surface area contributed by atoms with Crippen molar-refractivity contribution in [3.63, 3.8) is 0 Å². The molecule has 0 N–H and O–H groups in total. The largest absolute Gasteiger partial charge is 0.444 e. The van der Waals surface area contributed by atoms with Crippen molar-refractivity contribution in [2.45, 2.75) is 63.5 Å². The van der Waals surface area contributed by atoms with Crippen LogP contribution in [-0.4, -0.2) is 60.9 Å². The third kappa shape index (κ3) is 4.47. The first-order chi connectivity index (χ1) is 14.1. The van der Waals surface area contributed by atoms with Crippen LogP contribution in [0.25, 0.3) is 0 Å². The predicted octanol–water partition coefficient (Wildman–Crippen LogP) is 3.50. The topological polar surface area (TPSA) is 76.2 Å². The highest BCUT2D eigenvalue weighted by atomic mass is 35.5. The van der Waals surface area contributed by atoms with Crippen molar-refractivity contribution in [1.29, 1.82) is 0 Å². The van der Waals surface area contributed by atoms with E-state index < -0.39 is 21.7 Å². The Bertz CT molecular complexity index is 939. The van der Waals surface area contributed by atoms with Crippen molar-refractivity contribution in [2.24, 2.45) is 0 Å². The molecule has 0 aromatic heterocycles. The molecule has 1 saturated heterocycles. The lowest BCUT2D eigenvalue weighted by atomic mass is 9.91. The first-order valence-corrected chi connectivity index (χ1v) is 12.3. The number of carbonyl (C=O) groups is 1. The summed E-state index contributed by atoms with van der Waals surface area (Å²) in [6, 6.07) is 3.37. The molecule has 1 unspecified atom stereocenters. The number of benzene rings is 1. The minimum absolute atomic E-state index is 0.244. The molecule has 1 aromatic rings. The van der Waals surface area contributed by atoms with E-state index in [9.17, 15) is 13.2 Å². The number of amides is 1. The number of rotatable bonds is 3. The maximum Gasteiger partial charge on any atom is 0.410 e. The molecule has 2 aliphatic heterocycles. The van der Waals surface area contributed by atoms with Gasteiger partial charge in [0.05, 0.1) is 24.5 Å². The molecule has 0 radical (unpaired) electrons. The van der Waals surface area contributed by atoms with Gasteiger partial charge in [-0.1, -0.05) is 11.6 Å². The Kier molecular flexibility index (Phi) is 5.81. The second-order valence-corrected chi connectivity index (χ2v) is 11.9. The summed E-state index contributed by atoms with van der Waals surface area (Å²) < 4.78 is 38.6. The molecule has 30 heavy (non-hydrogen) atoms. The average Bonchev–Trinajstić information content (AvgIpc) is 3.51. The van der Waals surface area contributed by atoms with Crippen LogP contribution in [0.1, 0.15) is 56.3 Å². The number of fused-ring (bicyclic) bond motifs is 1. The van der Waals surface area contributed by atoms with Gasteiger partial charge in [0.15, 0.2) is 0 Å². The number of hydrogen-bond acceptors (Lipinski definition) is 5. The first-order valence-electron chi connectivity index (χ1n) is 10.4. The van der Waals surface area contributed by atoms with Gasteiger partial charge in [0.25, 0.3) is 0 Å². The van der Waals surface area contributed by atoms with Crippen LogP contribution < -0.4 is 0 Å². The Labute approximate surface area is 183 Å². The standard InChI is InChI=1S/C21H29ClN2O5S/c1-21(2,3)29-20(25)24-8-9-28-13-19(24)17-11-15(22)10-14-6-7-23(12-18(14)17)30(26,27)16-4-5-16/h10-11,16,19H,4-9,12-13H2,1-3H3. The van der Waals surface area contributed by atoms with Crippen molar-refractivity contribution in [3.05, 3.63) is 33.8 Å². The van der Waals surface area contributed by atoms with Crippen molar-refractivity contribution in [2.75, 3.05) is 26.3 Å². The van der Waals surface area contributed by atoms with Crippen LogP contribution in [0, 0.1) is 0 Å². The van der Waals surface area contributed by atoms with Gasteiger partial charge in [-0.15, -0.1) is 0 Å². The summed E-state index contributed by atoms with van der Waals surface area (Å²) in [7, 11) is -3.28. The van der Waals surface area contributed by atoms with E-state index in [0.29, 0.717) is 44.3 Å². The fourth-order valence-corrected chi connectivity index (χ4v) is 6.18. The second kappa shape index (κ2) is 7.97. The number of ether oxygens (including phenoxy) is 2. The summed E-state index contributed by atoms with van der Waals surface area (Å²) in [6.07, 6.45) is 1.68. The van der Waals surface area contributed by atoms with E-state index in [-0.39, 0.29) is 11.3 Å². The van der Waals surface area contributed by atoms with Crippen LogP contribution in [0.3, 0.4) is 0 Å². The van der Waals surface area contributed by atoms with Crippen LogP contribution >= 0.6 is 11.6 Å². The highest BCUT2D eigenvalue weighted by Gasteiger charge is 2.42. The molecule has 9 heteroatoms. The van der Waals surface area contributed by atoms with Crippen LogP contribution in [0.5, 0.6) is 0 Å². The normalized spacial score (nSPS) is 23.2. The summed E-state index contributed by atoms with van der Waals surface area (Å²) in [6.45, 7) is 7.43. The fourth-order valence-electron chi connectivity index (χ4n) is 4.12. The van der Waals surface area contributed by atoms with Crippen molar-refractivity contribution >= 4 is 27.7 Å². The molecule has 1 saturated carbocycles. The molecule has 0 bridgehead atoms. The number of sulfonamides is 1. The lowest BCUT2D eigenvalue weighted by Crippen LogP contribution is -2.46. The monoisotopic (exact) mass is 456 g/mol. The minimum Gasteiger partial charge on any atom is -0.444 e. The number of morpholine rings is 1. The molecule has 2 heterocycles. The quantitative estimate of drug-likeness (QED) is 0.695. The fraction of sp³-hybridized carbons (Fsp3) is 0.667. The van der Waals surface area contributed by atoms with Crippen molar-refractivity contribution in [3.8, 4) is 0 Å². The van der Waals surface area contributed by atoms with Crippen LogP contribution in [0.2, 0.25) is 5.02 Å². The molecule has 1 atom stereocenters. The summed E-state index contributed by atoms with van der Waals surface area (Å²) in [5.74, 6) is 0. The summed E-state index contributed by atoms with van der Waals surface area (Å²) in [5.41, 5.74) is 2.20. The maximum atomic E-state index is 12.9. The highest BCUT2D eigenvalue weighted by molar-refractivity contribution is 7.90. The van der Waals surface area contributed by atoms with Gasteiger partial charge in [0.1, 0.15) is 5.60 Å². The van der Waals surface area contributed by atoms with Gasteiger partial charge in [-0.05, 0) is 68.9 Å². The summed E-state index contributed by atoms with van der Waals surface area (Å²) in [5, 5.41) is 0.336. The number of nitrogens with zero attached hydrogens (tertiary/aromatic N) is 2. The van der Waals surface area contributed by atoms with E-state index in [1.807, 2.05) is 32.9 Å². The van der Waals surface area contributed by atoms with Gasteiger partial charge >= 0.3 is 6.09 Å². The molecule has 2 fully saturated rings. The molecule has 0 spiro atoms. The van der Waals surface area contributed by atoms with E-state index in [1.54, 1.807) is 9.21 Å². The SMILES string of the molecule is CC(C)(C)OC(=O)N1CCOCC1c1cc(Cl)cc2c1CN(S(=O)(=O)C1CC1)CC2. The molecular formula is C21H29ClN2O5S. The van der Waals surface area contributed by atoms with Gasteiger partial charge in [0.2, 0.25) is 10.0 Å². The van der Waals surface area contributed by atoms with Gasteiger partial charge < -0.3 is 9.47 Å². The van der Waals surface area contributed by atoms with Crippen LogP contribution in [0.4, 0.5) is 4.79 Å². The minimum atomic E-state index is -3.28. The Morgan fingerprint density at radius 2 is 1.97 bits per heavy atom. The third-order valence-corrected chi connectivity index (χ3v) is 8.29.